The molecule has 0 atom stereocenters. The fourth-order valence-corrected chi connectivity index (χ4v) is 3.12. The van der Waals surface area contributed by atoms with E-state index in [4.69, 9.17) is 10.8 Å². The number of nitrogens with zero attached hydrogens (tertiary/aromatic N) is 3. The Morgan fingerprint density at radius 3 is 2.47 bits per heavy atom. The van der Waals surface area contributed by atoms with Gasteiger partial charge >= 0.3 is 0 Å². The van der Waals surface area contributed by atoms with E-state index in [0.717, 1.165) is 12.8 Å². The van der Waals surface area contributed by atoms with Gasteiger partial charge in [0.2, 0.25) is 16.0 Å². The van der Waals surface area contributed by atoms with Crippen LogP contribution in [0.5, 0.6) is 0 Å². The minimum Gasteiger partial charge on any atom is -0.395 e. The molecule has 8 heteroatoms. The third-order valence-electron chi connectivity index (χ3n) is 2.53. The molecule has 1 aromatic heterocycles. The van der Waals surface area contributed by atoms with E-state index in [-0.39, 0.29) is 30.0 Å². The highest BCUT2D eigenvalue weighted by Gasteiger charge is 2.37. The predicted octanol–water partition coefficient (Wildman–Crippen LogP) is -0.796. The molecule has 7 nitrogen and oxygen atoms in total. The molecule has 2 rings (SSSR count). The second-order valence-corrected chi connectivity index (χ2v) is 5.74. The number of sulfonamides is 1. The summed E-state index contributed by atoms with van der Waals surface area (Å²) in [5.74, 6) is 0.0316. The Balaban J connectivity index is 2.30. The van der Waals surface area contributed by atoms with Gasteiger partial charge < -0.3 is 10.8 Å². The Bertz CT molecular complexity index is 483. The van der Waals surface area contributed by atoms with Gasteiger partial charge in [-0.2, -0.15) is 4.31 Å². The molecule has 1 heterocycles. The van der Waals surface area contributed by atoms with Crippen molar-refractivity contribution < 1.29 is 13.5 Å². The molecule has 1 saturated carbocycles. The maximum absolute atomic E-state index is 12.2. The first-order valence-corrected chi connectivity index (χ1v) is 6.70. The first-order valence-electron chi connectivity index (χ1n) is 5.26. The highest BCUT2D eigenvalue weighted by atomic mass is 32.2. The molecule has 0 saturated heterocycles. The molecular weight excluding hydrogens is 244 g/mol. The van der Waals surface area contributed by atoms with Gasteiger partial charge in [-0.1, -0.05) is 0 Å². The highest BCUT2D eigenvalue weighted by molar-refractivity contribution is 7.89. The van der Waals surface area contributed by atoms with Crippen molar-refractivity contribution >= 4 is 16.0 Å². The summed E-state index contributed by atoms with van der Waals surface area (Å²) in [4.78, 5) is 7.34. The Hall–Kier alpha value is -1.25. The van der Waals surface area contributed by atoms with E-state index in [1.807, 2.05) is 0 Å². The maximum Gasteiger partial charge on any atom is 0.246 e. The second-order valence-electron chi connectivity index (χ2n) is 3.85. The smallest absolute Gasteiger partial charge is 0.246 e. The van der Waals surface area contributed by atoms with Crippen LogP contribution in [0.1, 0.15) is 12.8 Å². The average molecular weight is 258 g/mol. The number of rotatable bonds is 5. The summed E-state index contributed by atoms with van der Waals surface area (Å²) in [5, 5.41) is 8.91. The van der Waals surface area contributed by atoms with Crippen molar-refractivity contribution in [2.45, 2.75) is 23.8 Å². The standard InChI is InChI=1S/C9H14N4O3S/c10-9-11-5-8(6-12-9)17(15,16)13(3-4-14)7-1-2-7/h5-7,14H,1-4H2,(H2,10,11,12). The summed E-state index contributed by atoms with van der Waals surface area (Å²) < 4.78 is 25.7. The summed E-state index contributed by atoms with van der Waals surface area (Å²) in [6, 6.07) is -0.00953. The molecule has 0 aliphatic heterocycles. The molecule has 0 bridgehead atoms. The third-order valence-corrected chi connectivity index (χ3v) is 4.43. The lowest BCUT2D eigenvalue weighted by molar-refractivity contribution is 0.250. The quantitative estimate of drug-likeness (QED) is 0.716. The minimum absolute atomic E-state index is 0.00653. The predicted molar refractivity (Wildman–Crippen MR) is 60.4 cm³/mol. The fourth-order valence-electron chi connectivity index (χ4n) is 1.55. The van der Waals surface area contributed by atoms with Crippen molar-refractivity contribution in [2.75, 3.05) is 18.9 Å². The highest BCUT2D eigenvalue weighted by Crippen LogP contribution is 2.31. The van der Waals surface area contributed by atoms with Gasteiger partial charge in [-0.05, 0) is 12.8 Å². The van der Waals surface area contributed by atoms with Gasteiger partial charge in [-0.15, -0.1) is 0 Å². The summed E-state index contributed by atoms with van der Waals surface area (Å²) in [6.07, 6.45) is 4.03. The molecule has 0 radical (unpaired) electrons. The zero-order valence-electron chi connectivity index (χ0n) is 9.15. The molecule has 1 aromatic rings. The Morgan fingerprint density at radius 2 is 2.00 bits per heavy atom. The SMILES string of the molecule is Nc1ncc(S(=O)(=O)N(CCO)C2CC2)cn1. The molecule has 3 N–H and O–H groups in total. The number of anilines is 1. The van der Waals surface area contributed by atoms with Crippen molar-refractivity contribution in [1.29, 1.82) is 0 Å². The molecule has 1 aliphatic carbocycles. The van der Waals surface area contributed by atoms with E-state index in [1.165, 1.54) is 16.7 Å². The second kappa shape index (κ2) is 4.55. The van der Waals surface area contributed by atoms with E-state index in [9.17, 15) is 8.42 Å². The third kappa shape index (κ3) is 2.54. The van der Waals surface area contributed by atoms with Crippen LogP contribution in [0.4, 0.5) is 5.95 Å². The zero-order chi connectivity index (χ0) is 12.5. The van der Waals surface area contributed by atoms with Gasteiger partial charge in [0.1, 0.15) is 4.90 Å². The number of hydrogen-bond donors (Lipinski definition) is 2. The Morgan fingerprint density at radius 1 is 1.41 bits per heavy atom. The molecule has 0 amide bonds. The molecule has 0 spiro atoms. The van der Waals surface area contributed by atoms with Gasteiger partial charge in [0, 0.05) is 12.6 Å². The first kappa shape index (κ1) is 12.2. The Kier molecular flexibility index (Phi) is 3.27. The normalized spacial score (nSPS) is 16.4. The van der Waals surface area contributed by atoms with Crippen LogP contribution in [-0.4, -0.2) is 47.0 Å². The van der Waals surface area contributed by atoms with Crippen molar-refractivity contribution in [3.05, 3.63) is 12.4 Å². The number of aromatic nitrogens is 2. The molecule has 1 fully saturated rings. The first-order chi connectivity index (χ1) is 8.05. The van der Waals surface area contributed by atoms with Gasteiger partial charge in [0.15, 0.2) is 0 Å². The van der Waals surface area contributed by atoms with Crippen LogP contribution >= 0.6 is 0 Å². The van der Waals surface area contributed by atoms with Gasteiger partial charge in [-0.3, -0.25) is 0 Å². The van der Waals surface area contributed by atoms with Crippen LogP contribution in [0, 0.1) is 0 Å². The van der Waals surface area contributed by atoms with E-state index in [0.29, 0.717) is 0 Å². The number of aliphatic hydroxyl groups is 1. The summed E-state index contributed by atoms with van der Waals surface area (Å²) >= 11 is 0. The van der Waals surface area contributed by atoms with E-state index in [1.54, 1.807) is 0 Å². The largest absolute Gasteiger partial charge is 0.395 e. The summed E-state index contributed by atoms with van der Waals surface area (Å²) in [5.41, 5.74) is 5.31. The fraction of sp³-hybridized carbons (Fsp3) is 0.556. The van der Waals surface area contributed by atoms with E-state index in [2.05, 4.69) is 9.97 Å². The molecule has 1 aliphatic rings. The number of nitrogen functional groups attached to an aromatic ring is 1. The molecule has 0 aromatic carbocycles. The van der Waals surface area contributed by atoms with Crippen molar-refractivity contribution in [2.24, 2.45) is 0 Å². The van der Waals surface area contributed by atoms with Crippen LogP contribution in [0.25, 0.3) is 0 Å². The Labute approximate surface area is 99.3 Å². The lowest BCUT2D eigenvalue weighted by atomic mass is 10.6. The van der Waals surface area contributed by atoms with Crippen LogP contribution in [0.2, 0.25) is 0 Å². The van der Waals surface area contributed by atoms with Gasteiger partial charge in [0.25, 0.3) is 0 Å². The number of aliphatic hydroxyl groups excluding tert-OH is 1. The molecular formula is C9H14N4O3S. The zero-order valence-corrected chi connectivity index (χ0v) is 9.97. The van der Waals surface area contributed by atoms with Crippen LogP contribution in [0.15, 0.2) is 17.3 Å². The minimum atomic E-state index is -3.62. The lowest BCUT2D eigenvalue weighted by Crippen LogP contribution is -2.35. The lowest BCUT2D eigenvalue weighted by Gasteiger charge is -2.20. The molecule has 17 heavy (non-hydrogen) atoms. The maximum atomic E-state index is 12.2. The van der Waals surface area contributed by atoms with Crippen molar-refractivity contribution in [1.82, 2.24) is 14.3 Å². The van der Waals surface area contributed by atoms with Gasteiger partial charge in [0.05, 0.1) is 19.0 Å². The monoisotopic (exact) mass is 258 g/mol. The van der Waals surface area contributed by atoms with Crippen molar-refractivity contribution in [3.63, 3.8) is 0 Å². The molecule has 94 valence electrons. The van der Waals surface area contributed by atoms with Crippen molar-refractivity contribution in [3.8, 4) is 0 Å². The number of hydrogen-bond acceptors (Lipinski definition) is 6. The number of nitrogens with two attached hydrogens (primary N) is 1. The topological polar surface area (TPSA) is 109 Å². The van der Waals surface area contributed by atoms with E-state index >= 15 is 0 Å². The van der Waals surface area contributed by atoms with Crippen LogP contribution in [0.3, 0.4) is 0 Å². The summed E-state index contributed by atoms with van der Waals surface area (Å²) in [7, 11) is -3.62. The van der Waals surface area contributed by atoms with Crippen LogP contribution in [-0.2, 0) is 10.0 Å². The van der Waals surface area contributed by atoms with Crippen LogP contribution < -0.4 is 5.73 Å². The van der Waals surface area contributed by atoms with Gasteiger partial charge in [-0.25, -0.2) is 18.4 Å². The van der Waals surface area contributed by atoms with E-state index < -0.39 is 10.0 Å². The summed E-state index contributed by atoms with van der Waals surface area (Å²) in [6.45, 7) is -0.108. The molecule has 0 unspecified atom stereocenters. The average Bonchev–Trinajstić information content (AvgIpc) is 3.10.